The maximum absolute atomic E-state index is 4.34. The molecule has 86 valence electrons. The number of allylic oxidation sites excluding steroid dienone is 3. The van der Waals surface area contributed by atoms with E-state index in [4.69, 9.17) is 0 Å². The predicted octanol–water partition coefficient (Wildman–Crippen LogP) is 4.79. The Balaban J connectivity index is 2.11. The maximum atomic E-state index is 4.34. The molecule has 17 heavy (non-hydrogen) atoms. The number of pyridine rings is 1. The van der Waals surface area contributed by atoms with Gasteiger partial charge < -0.3 is 0 Å². The van der Waals surface area contributed by atoms with Crippen LogP contribution in [0.2, 0.25) is 0 Å². The number of thiophene rings is 1. The van der Waals surface area contributed by atoms with Gasteiger partial charge in [-0.25, -0.2) is 0 Å². The highest BCUT2D eigenvalue weighted by atomic mass is 32.1. The second-order valence-corrected chi connectivity index (χ2v) is 4.57. The van der Waals surface area contributed by atoms with Crippen LogP contribution in [0.1, 0.15) is 18.9 Å². The number of hydrogen-bond acceptors (Lipinski definition) is 2. The first-order valence-electron chi connectivity index (χ1n) is 5.73. The normalized spacial score (nSPS) is 11.6. The summed E-state index contributed by atoms with van der Waals surface area (Å²) in [5.74, 6) is 0. The molecule has 1 nitrogen and oxygen atoms in total. The van der Waals surface area contributed by atoms with Gasteiger partial charge in [0.05, 0.1) is 10.6 Å². The molecule has 2 heterocycles. The lowest BCUT2D eigenvalue weighted by molar-refractivity contribution is 1.22. The van der Waals surface area contributed by atoms with Crippen molar-refractivity contribution >= 4 is 17.4 Å². The van der Waals surface area contributed by atoms with Gasteiger partial charge in [0.25, 0.3) is 0 Å². The molecule has 0 fully saturated rings. The summed E-state index contributed by atoms with van der Waals surface area (Å²) in [6.45, 7) is 2.13. The Bertz CT molecular complexity index is 509. The number of hydrogen-bond donors (Lipinski definition) is 0. The molecule has 0 aromatic carbocycles. The van der Waals surface area contributed by atoms with Crippen molar-refractivity contribution in [2.24, 2.45) is 0 Å². The van der Waals surface area contributed by atoms with Crippen molar-refractivity contribution in [3.63, 3.8) is 0 Å². The lowest BCUT2D eigenvalue weighted by Crippen LogP contribution is -1.75. The molecule has 0 saturated heterocycles. The molecule has 0 spiro atoms. The third-order valence-corrected chi connectivity index (χ3v) is 3.28. The highest BCUT2D eigenvalue weighted by molar-refractivity contribution is 7.13. The first-order valence-corrected chi connectivity index (χ1v) is 6.61. The van der Waals surface area contributed by atoms with Gasteiger partial charge in [0.2, 0.25) is 0 Å². The molecule has 2 heteroatoms. The molecule has 0 aliphatic carbocycles. The zero-order valence-electron chi connectivity index (χ0n) is 9.84. The van der Waals surface area contributed by atoms with Crippen molar-refractivity contribution in [3.05, 3.63) is 59.6 Å². The maximum Gasteiger partial charge on any atom is 0.0801 e. The summed E-state index contributed by atoms with van der Waals surface area (Å²) in [7, 11) is 0. The van der Waals surface area contributed by atoms with Gasteiger partial charge in [-0.3, -0.25) is 4.98 Å². The van der Waals surface area contributed by atoms with Crippen molar-refractivity contribution in [1.29, 1.82) is 0 Å². The van der Waals surface area contributed by atoms with E-state index in [-0.39, 0.29) is 0 Å². The van der Waals surface area contributed by atoms with Crippen LogP contribution in [-0.4, -0.2) is 4.98 Å². The quantitative estimate of drug-likeness (QED) is 0.701. The van der Waals surface area contributed by atoms with Gasteiger partial charge in [-0.15, -0.1) is 11.3 Å². The van der Waals surface area contributed by atoms with Gasteiger partial charge >= 0.3 is 0 Å². The lowest BCUT2D eigenvalue weighted by atomic mass is 10.2. The fourth-order valence-corrected chi connectivity index (χ4v) is 2.32. The molecule has 0 radical (unpaired) electrons. The summed E-state index contributed by atoms with van der Waals surface area (Å²) < 4.78 is 0. The topological polar surface area (TPSA) is 12.9 Å². The average Bonchev–Trinajstić information content (AvgIpc) is 2.85. The molecule has 0 bridgehead atoms. The van der Waals surface area contributed by atoms with Crippen molar-refractivity contribution in [3.8, 4) is 10.6 Å². The monoisotopic (exact) mass is 241 g/mol. The van der Waals surface area contributed by atoms with Crippen molar-refractivity contribution in [1.82, 2.24) is 4.98 Å². The van der Waals surface area contributed by atoms with Crippen LogP contribution >= 0.6 is 11.3 Å². The Morgan fingerprint density at radius 1 is 1.29 bits per heavy atom. The number of rotatable bonds is 4. The third-order valence-electron chi connectivity index (χ3n) is 2.31. The van der Waals surface area contributed by atoms with Crippen molar-refractivity contribution in [2.45, 2.75) is 13.3 Å². The van der Waals surface area contributed by atoms with Crippen LogP contribution in [0, 0.1) is 0 Å². The summed E-state index contributed by atoms with van der Waals surface area (Å²) in [5, 5.41) is 2.15. The van der Waals surface area contributed by atoms with Gasteiger partial charge in [0.15, 0.2) is 0 Å². The average molecular weight is 241 g/mol. The number of nitrogens with zero attached hydrogens (tertiary/aromatic N) is 1. The van der Waals surface area contributed by atoms with Crippen LogP contribution < -0.4 is 0 Å². The predicted molar refractivity (Wildman–Crippen MR) is 76.0 cm³/mol. The molecule has 0 atom stereocenters. The summed E-state index contributed by atoms with van der Waals surface area (Å²) in [6, 6.07) is 8.16. The molecule has 2 aromatic heterocycles. The molecule has 0 unspecified atom stereocenters. The van der Waals surface area contributed by atoms with E-state index in [1.54, 1.807) is 11.3 Å². The van der Waals surface area contributed by atoms with E-state index in [2.05, 4.69) is 47.7 Å². The van der Waals surface area contributed by atoms with Crippen molar-refractivity contribution in [2.75, 3.05) is 0 Å². The Morgan fingerprint density at radius 3 is 3.00 bits per heavy atom. The van der Waals surface area contributed by atoms with Crippen LogP contribution in [0.25, 0.3) is 16.6 Å². The highest BCUT2D eigenvalue weighted by Crippen LogP contribution is 2.25. The summed E-state index contributed by atoms with van der Waals surface area (Å²) in [6.07, 6.45) is 11.3. The van der Waals surface area contributed by atoms with Crippen LogP contribution in [-0.2, 0) is 0 Å². The van der Waals surface area contributed by atoms with Gasteiger partial charge in [-0.2, -0.15) is 0 Å². The fourth-order valence-electron chi connectivity index (χ4n) is 1.46. The van der Waals surface area contributed by atoms with E-state index >= 15 is 0 Å². The Labute approximate surface area is 106 Å². The summed E-state index contributed by atoms with van der Waals surface area (Å²) in [5.41, 5.74) is 2.28. The van der Waals surface area contributed by atoms with E-state index in [1.807, 2.05) is 24.4 Å². The minimum absolute atomic E-state index is 1.04. The van der Waals surface area contributed by atoms with Gasteiger partial charge in [-0.1, -0.05) is 37.3 Å². The zero-order chi connectivity index (χ0) is 11.9. The highest BCUT2D eigenvalue weighted by Gasteiger charge is 2.00. The first kappa shape index (κ1) is 11.8. The second kappa shape index (κ2) is 6.16. The van der Waals surface area contributed by atoms with Crippen LogP contribution in [0.5, 0.6) is 0 Å². The molecular weight excluding hydrogens is 226 g/mol. The van der Waals surface area contributed by atoms with Gasteiger partial charge in [0.1, 0.15) is 0 Å². The molecule has 0 aliphatic rings. The Kier molecular flexibility index (Phi) is 4.28. The molecule has 2 aromatic rings. The zero-order valence-corrected chi connectivity index (χ0v) is 10.7. The van der Waals surface area contributed by atoms with E-state index in [9.17, 15) is 0 Å². The molecule has 0 aliphatic heterocycles. The van der Waals surface area contributed by atoms with Gasteiger partial charge in [0, 0.05) is 6.20 Å². The summed E-state index contributed by atoms with van der Waals surface area (Å²) in [4.78, 5) is 5.56. The largest absolute Gasteiger partial charge is 0.255 e. The smallest absolute Gasteiger partial charge is 0.0801 e. The van der Waals surface area contributed by atoms with E-state index in [0.717, 1.165) is 12.1 Å². The first-order chi connectivity index (χ1) is 8.40. The minimum Gasteiger partial charge on any atom is -0.255 e. The standard InChI is InChI=1S/C15H15NS/c1-2-3-4-5-8-13-11-15(17-12-13)14-9-6-7-10-16-14/h3-12H,2H2,1H3/b4-3-,8-5-. The molecule has 0 N–H and O–H groups in total. The Morgan fingerprint density at radius 2 is 2.24 bits per heavy atom. The second-order valence-electron chi connectivity index (χ2n) is 3.65. The molecule has 2 rings (SSSR count). The van der Waals surface area contributed by atoms with Crippen molar-refractivity contribution < 1.29 is 0 Å². The molecule has 0 amide bonds. The minimum atomic E-state index is 1.04. The molecule has 0 saturated carbocycles. The van der Waals surface area contributed by atoms with Crippen LogP contribution in [0.15, 0.2) is 54.1 Å². The van der Waals surface area contributed by atoms with E-state index in [1.165, 1.54) is 10.4 Å². The third kappa shape index (κ3) is 3.40. The fraction of sp³-hybridized carbons (Fsp3) is 0.133. The lowest BCUT2D eigenvalue weighted by Gasteiger charge is -1.92. The number of aromatic nitrogens is 1. The van der Waals surface area contributed by atoms with E-state index in [0.29, 0.717) is 0 Å². The SMILES string of the molecule is CC/C=C\C=C/c1csc(-c2ccccn2)c1. The van der Waals surface area contributed by atoms with Gasteiger partial charge in [-0.05, 0) is 35.6 Å². The van der Waals surface area contributed by atoms with E-state index < -0.39 is 0 Å². The van der Waals surface area contributed by atoms with Crippen LogP contribution in [0.3, 0.4) is 0 Å². The van der Waals surface area contributed by atoms with Crippen LogP contribution in [0.4, 0.5) is 0 Å². The summed E-state index contributed by atoms with van der Waals surface area (Å²) >= 11 is 1.73. The molecular formula is C15H15NS. The Hall–Kier alpha value is -1.67.